The third-order valence-corrected chi connectivity index (χ3v) is 3.52. The van der Waals surface area contributed by atoms with Crippen molar-refractivity contribution in [1.29, 1.82) is 0 Å². The quantitative estimate of drug-likeness (QED) is 0.735. The largest absolute Gasteiger partial charge is 0.732 e. The highest BCUT2D eigenvalue weighted by molar-refractivity contribution is 7.99. The standard InChI is InChI=1S/C11H9N4O3S/c1-14-6-12-9(15(16)17)10(14)19-11-13-7-4-2-3-5-8(7)18-11/h2-6,16H,1H3/q-1. The molecule has 0 radical (unpaired) electrons. The van der Waals surface area contributed by atoms with Crippen LogP contribution in [0.15, 0.2) is 45.3 Å². The lowest BCUT2D eigenvalue weighted by atomic mass is 10.3. The monoisotopic (exact) mass is 277 g/mol. The number of rotatable bonds is 3. The highest BCUT2D eigenvalue weighted by atomic mass is 32.2. The summed E-state index contributed by atoms with van der Waals surface area (Å²) in [6.07, 6.45) is 1.43. The van der Waals surface area contributed by atoms with Crippen LogP contribution >= 0.6 is 11.8 Å². The molecule has 0 fully saturated rings. The lowest BCUT2D eigenvalue weighted by Gasteiger charge is -2.19. The summed E-state index contributed by atoms with van der Waals surface area (Å²) in [5, 5.41) is 20.5. The molecule has 0 saturated carbocycles. The van der Waals surface area contributed by atoms with Crippen LogP contribution in [0.3, 0.4) is 0 Å². The zero-order chi connectivity index (χ0) is 13.4. The number of hydrogen-bond donors (Lipinski definition) is 1. The fourth-order valence-corrected chi connectivity index (χ4v) is 2.49. The van der Waals surface area contributed by atoms with Gasteiger partial charge >= 0.3 is 0 Å². The first-order valence-electron chi connectivity index (χ1n) is 5.36. The first-order valence-corrected chi connectivity index (χ1v) is 6.17. The zero-order valence-corrected chi connectivity index (χ0v) is 10.7. The van der Waals surface area contributed by atoms with Crippen molar-refractivity contribution in [3.05, 3.63) is 35.8 Å². The number of nitrogens with zero attached hydrogens (tertiary/aromatic N) is 4. The smallest absolute Gasteiger partial charge is 0.263 e. The molecule has 3 aromatic rings. The lowest BCUT2D eigenvalue weighted by Crippen LogP contribution is -2.08. The van der Waals surface area contributed by atoms with Crippen molar-refractivity contribution in [3.63, 3.8) is 0 Å². The normalized spacial score (nSPS) is 11.1. The van der Waals surface area contributed by atoms with Crippen LogP contribution in [0.2, 0.25) is 0 Å². The van der Waals surface area contributed by atoms with Gasteiger partial charge in [0.05, 0.1) is 6.33 Å². The molecule has 98 valence electrons. The molecule has 7 nitrogen and oxygen atoms in total. The Balaban J connectivity index is 1.98. The van der Waals surface area contributed by atoms with Gasteiger partial charge in [-0.05, 0) is 23.9 Å². The van der Waals surface area contributed by atoms with Crippen molar-refractivity contribution in [1.82, 2.24) is 14.5 Å². The highest BCUT2D eigenvalue weighted by Gasteiger charge is 2.15. The SMILES string of the molecule is Cn1cnc(N([O-])O)c1Sc1nc2ccccc2o1. The van der Waals surface area contributed by atoms with E-state index in [-0.39, 0.29) is 11.0 Å². The zero-order valence-electron chi connectivity index (χ0n) is 9.85. The molecule has 19 heavy (non-hydrogen) atoms. The van der Waals surface area contributed by atoms with Crippen molar-refractivity contribution in [2.45, 2.75) is 10.2 Å². The minimum atomic E-state index is -0.273. The van der Waals surface area contributed by atoms with E-state index in [1.807, 2.05) is 24.3 Å². The van der Waals surface area contributed by atoms with Gasteiger partial charge in [-0.2, -0.15) is 0 Å². The molecule has 1 aromatic carbocycles. The van der Waals surface area contributed by atoms with Crippen LogP contribution in [0.5, 0.6) is 0 Å². The van der Waals surface area contributed by atoms with E-state index in [9.17, 15) is 5.21 Å². The maximum Gasteiger partial charge on any atom is 0.263 e. The Labute approximate surface area is 112 Å². The Kier molecular flexibility index (Phi) is 2.90. The molecule has 0 amide bonds. The third kappa shape index (κ3) is 2.16. The number of aryl methyl sites for hydroxylation is 1. The molecule has 8 heteroatoms. The molecule has 0 aliphatic carbocycles. The lowest BCUT2D eigenvalue weighted by molar-refractivity contribution is 0.291. The second-order valence-electron chi connectivity index (χ2n) is 3.81. The maximum absolute atomic E-state index is 11.0. The van der Waals surface area contributed by atoms with E-state index in [2.05, 4.69) is 9.97 Å². The van der Waals surface area contributed by atoms with E-state index in [0.717, 1.165) is 17.3 Å². The molecule has 0 aliphatic heterocycles. The van der Waals surface area contributed by atoms with Gasteiger partial charge in [-0.15, -0.1) is 0 Å². The van der Waals surface area contributed by atoms with Crippen molar-refractivity contribution >= 4 is 28.7 Å². The van der Waals surface area contributed by atoms with E-state index >= 15 is 0 Å². The Bertz CT molecular complexity index is 689. The van der Waals surface area contributed by atoms with Crippen molar-refractivity contribution in [2.75, 3.05) is 5.23 Å². The molecule has 0 atom stereocenters. The van der Waals surface area contributed by atoms with Crippen LogP contribution < -0.4 is 5.23 Å². The van der Waals surface area contributed by atoms with Crippen molar-refractivity contribution < 1.29 is 9.62 Å². The molecule has 0 aliphatic rings. The number of fused-ring (bicyclic) bond motifs is 1. The Hall–Kier alpha value is -2.03. The molecule has 2 heterocycles. The average molecular weight is 277 g/mol. The van der Waals surface area contributed by atoms with Crippen LogP contribution in [0.4, 0.5) is 5.82 Å². The van der Waals surface area contributed by atoms with Crippen LogP contribution in [0.25, 0.3) is 11.1 Å². The fourth-order valence-electron chi connectivity index (χ4n) is 1.63. The Morgan fingerprint density at radius 1 is 1.42 bits per heavy atom. The van der Waals surface area contributed by atoms with Crippen LogP contribution in [-0.4, -0.2) is 19.7 Å². The van der Waals surface area contributed by atoms with Gasteiger partial charge in [0.1, 0.15) is 10.5 Å². The molecular formula is C11H9N4O3S-. The number of para-hydroxylation sites is 2. The summed E-state index contributed by atoms with van der Waals surface area (Å²) in [6, 6.07) is 7.36. The summed E-state index contributed by atoms with van der Waals surface area (Å²) in [5.74, 6) is -0.0882. The van der Waals surface area contributed by atoms with E-state index in [1.165, 1.54) is 6.33 Å². The second kappa shape index (κ2) is 4.57. The van der Waals surface area contributed by atoms with Gasteiger partial charge in [-0.3, -0.25) is 5.21 Å². The molecule has 0 unspecified atom stereocenters. The highest BCUT2D eigenvalue weighted by Crippen LogP contribution is 2.34. The third-order valence-electron chi connectivity index (χ3n) is 2.50. The molecule has 1 N–H and O–H groups in total. The number of imidazole rings is 1. The average Bonchev–Trinajstić information content (AvgIpc) is 2.94. The van der Waals surface area contributed by atoms with Crippen LogP contribution in [0, 0.1) is 5.21 Å². The van der Waals surface area contributed by atoms with Crippen molar-refractivity contribution in [2.24, 2.45) is 7.05 Å². The fraction of sp³-hybridized carbons (Fsp3) is 0.0909. The molecule has 0 spiro atoms. The molecule has 2 aromatic heterocycles. The van der Waals surface area contributed by atoms with Gasteiger partial charge in [-0.25, -0.2) is 9.97 Å². The topological polar surface area (TPSA) is 90.4 Å². The van der Waals surface area contributed by atoms with Gasteiger partial charge in [0, 0.05) is 7.05 Å². The summed E-state index contributed by atoms with van der Waals surface area (Å²) in [5.41, 5.74) is 1.40. The number of benzene rings is 1. The molecular weight excluding hydrogens is 268 g/mol. The number of oxazole rings is 1. The Morgan fingerprint density at radius 2 is 2.21 bits per heavy atom. The first-order chi connectivity index (χ1) is 9.15. The predicted molar refractivity (Wildman–Crippen MR) is 69.0 cm³/mol. The molecule has 0 saturated heterocycles. The Morgan fingerprint density at radius 3 is 2.95 bits per heavy atom. The summed E-state index contributed by atoms with van der Waals surface area (Å²) in [4.78, 5) is 8.08. The van der Waals surface area contributed by atoms with Gasteiger partial charge in [0.25, 0.3) is 5.22 Å². The summed E-state index contributed by atoms with van der Waals surface area (Å²) in [6.45, 7) is 0. The number of hydrogen-bond acceptors (Lipinski definition) is 7. The van der Waals surface area contributed by atoms with Gasteiger partial charge < -0.3 is 19.4 Å². The molecule has 3 rings (SSSR count). The van der Waals surface area contributed by atoms with E-state index in [4.69, 9.17) is 9.62 Å². The van der Waals surface area contributed by atoms with Gasteiger partial charge in [-0.1, -0.05) is 12.1 Å². The predicted octanol–water partition coefficient (Wildman–Crippen LogP) is 2.41. The van der Waals surface area contributed by atoms with Gasteiger partial charge in [0.2, 0.25) is 0 Å². The minimum absolute atomic E-state index is 0.0882. The van der Waals surface area contributed by atoms with E-state index in [1.54, 1.807) is 11.6 Å². The summed E-state index contributed by atoms with van der Waals surface area (Å²) in [7, 11) is 1.71. The maximum atomic E-state index is 11.0. The van der Waals surface area contributed by atoms with E-state index < -0.39 is 0 Å². The number of anilines is 1. The van der Waals surface area contributed by atoms with Gasteiger partial charge in [0.15, 0.2) is 11.4 Å². The summed E-state index contributed by atoms with van der Waals surface area (Å²) >= 11 is 1.12. The van der Waals surface area contributed by atoms with Crippen LogP contribution in [-0.2, 0) is 7.05 Å². The summed E-state index contributed by atoms with van der Waals surface area (Å²) < 4.78 is 7.15. The number of aromatic nitrogens is 3. The first kappa shape index (κ1) is 12.0. The van der Waals surface area contributed by atoms with Crippen molar-refractivity contribution in [3.8, 4) is 0 Å². The van der Waals surface area contributed by atoms with Crippen LogP contribution in [0.1, 0.15) is 0 Å². The van der Waals surface area contributed by atoms with E-state index in [0.29, 0.717) is 15.8 Å². The second-order valence-corrected chi connectivity index (χ2v) is 4.75. The molecule has 0 bridgehead atoms. The minimum Gasteiger partial charge on any atom is -0.732 e.